The van der Waals surface area contributed by atoms with Crippen LogP contribution in [0.25, 0.3) is 21.8 Å². The van der Waals surface area contributed by atoms with Gasteiger partial charge in [0.2, 0.25) is 10.9 Å². The molecule has 2 aromatic heterocycles. The first-order chi connectivity index (χ1) is 13.1. The second kappa shape index (κ2) is 7.08. The molecule has 0 aliphatic carbocycles. The highest BCUT2D eigenvalue weighted by atomic mass is 32.2. The molecule has 0 spiro atoms. The number of aryl methyl sites for hydroxylation is 2. The average Bonchev–Trinajstić information content (AvgIpc) is 2.72. The van der Waals surface area contributed by atoms with E-state index < -0.39 is 0 Å². The Morgan fingerprint density at radius 2 is 1.11 bits per heavy atom. The van der Waals surface area contributed by atoms with E-state index in [0.717, 1.165) is 24.1 Å². The quantitative estimate of drug-likeness (QED) is 0.526. The molecule has 0 atom stereocenters. The summed E-state index contributed by atoms with van der Waals surface area (Å²) in [5, 5.41) is 1.36. The predicted molar refractivity (Wildman–Crippen MR) is 112 cm³/mol. The van der Waals surface area contributed by atoms with Crippen LogP contribution in [0.15, 0.2) is 80.3 Å². The van der Waals surface area contributed by atoms with Gasteiger partial charge >= 0.3 is 0 Å². The molecule has 0 bridgehead atoms. The Bertz CT molecular complexity index is 1170. The number of hydrogen-bond donors (Lipinski definition) is 0. The summed E-state index contributed by atoms with van der Waals surface area (Å²) >= 11 is 1.26. The zero-order chi connectivity index (χ0) is 19.0. The lowest BCUT2D eigenvalue weighted by Crippen LogP contribution is -2.14. The van der Waals surface area contributed by atoms with Crippen molar-refractivity contribution in [1.29, 1.82) is 0 Å². The van der Waals surface area contributed by atoms with E-state index in [1.165, 1.54) is 11.8 Å². The number of para-hydroxylation sites is 2. The van der Waals surface area contributed by atoms with Crippen LogP contribution in [0.5, 0.6) is 0 Å². The number of pyridine rings is 2. The molecule has 4 nitrogen and oxygen atoms in total. The van der Waals surface area contributed by atoms with Crippen molar-refractivity contribution in [2.75, 3.05) is 0 Å². The van der Waals surface area contributed by atoms with Crippen LogP contribution in [0.3, 0.4) is 0 Å². The molecular formula is C22H20N2O2S. The zero-order valence-corrected chi connectivity index (χ0v) is 16.1. The summed E-state index contributed by atoms with van der Waals surface area (Å²) < 4.78 is 4.11. The molecule has 136 valence electrons. The fourth-order valence-corrected chi connectivity index (χ4v) is 4.43. The van der Waals surface area contributed by atoms with Crippen LogP contribution in [0, 0.1) is 0 Å². The van der Waals surface area contributed by atoms with Crippen LogP contribution < -0.4 is 10.9 Å². The van der Waals surface area contributed by atoms with Gasteiger partial charge in [-0.05, 0) is 38.1 Å². The predicted octanol–water partition coefficient (Wildman–Crippen LogP) is 4.51. The Hall–Kier alpha value is -2.79. The lowest BCUT2D eigenvalue weighted by Gasteiger charge is -2.13. The van der Waals surface area contributed by atoms with E-state index in [-0.39, 0.29) is 10.9 Å². The van der Waals surface area contributed by atoms with Crippen molar-refractivity contribution < 1.29 is 0 Å². The van der Waals surface area contributed by atoms with Crippen LogP contribution in [-0.2, 0) is 13.1 Å². The monoisotopic (exact) mass is 376 g/mol. The summed E-state index contributed by atoms with van der Waals surface area (Å²) in [6.07, 6.45) is 3.72. The van der Waals surface area contributed by atoms with Gasteiger partial charge < -0.3 is 9.13 Å². The zero-order valence-electron chi connectivity index (χ0n) is 15.3. The highest BCUT2D eigenvalue weighted by molar-refractivity contribution is 7.99. The molecule has 0 fully saturated rings. The van der Waals surface area contributed by atoms with E-state index in [1.54, 1.807) is 0 Å². The van der Waals surface area contributed by atoms with Crippen LogP contribution >= 0.6 is 11.8 Å². The fourth-order valence-electron chi connectivity index (χ4n) is 3.42. The van der Waals surface area contributed by atoms with Crippen molar-refractivity contribution in [2.24, 2.45) is 0 Å². The molecule has 0 aliphatic heterocycles. The molecule has 27 heavy (non-hydrogen) atoms. The highest BCUT2D eigenvalue weighted by Crippen LogP contribution is 2.26. The van der Waals surface area contributed by atoms with Crippen molar-refractivity contribution >= 4 is 33.6 Å². The van der Waals surface area contributed by atoms with E-state index in [0.29, 0.717) is 20.6 Å². The summed E-state index contributed by atoms with van der Waals surface area (Å²) in [5.41, 5.74) is 1.77. The molecule has 4 rings (SSSR count). The molecular weight excluding hydrogens is 356 g/mol. The summed E-state index contributed by atoms with van der Waals surface area (Å²) in [7, 11) is 0. The van der Waals surface area contributed by atoms with Crippen LogP contribution in [-0.4, -0.2) is 9.13 Å². The normalized spacial score (nSPS) is 11.3. The molecule has 0 amide bonds. The topological polar surface area (TPSA) is 44.0 Å². The van der Waals surface area contributed by atoms with E-state index in [2.05, 4.69) is 9.13 Å². The molecule has 0 saturated heterocycles. The summed E-state index contributed by atoms with van der Waals surface area (Å²) in [6, 6.07) is 15.2. The summed E-state index contributed by atoms with van der Waals surface area (Å²) in [6.45, 7) is 5.60. The smallest absolute Gasteiger partial charge is 0.203 e. The average molecular weight is 376 g/mol. The highest BCUT2D eigenvalue weighted by Gasteiger charge is 2.14. The third-order valence-electron chi connectivity index (χ3n) is 4.81. The van der Waals surface area contributed by atoms with Crippen LogP contribution in [0.1, 0.15) is 13.8 Å². The van der Waals surface area contributed by atoms with Gasteiger partial charge in [0.15, 0.2) is 0 Å². The van der Waals surface area contributed by atoms with E-state index in [9.17, 15) is 9.59 Å². The second-order valence-corrected chi connectivity index (χ2v) is 7.44. The van der Waals surface area contributed by atoms with Gasteiger partial charge in [-0.25, -0.2) is 0 Å². The first-order valence-corrected chi connectivity index (χ1v) is 9.88. The van der Waals surface area contributed by atoms with Gasteiger partial charge in [0.1, 0.15) is 0 Å². The fraction of sp³-hybridized carbons (Fsp3) is 0.182. The van der Waals surface area contributed by atoms with Crippen molar-refractivity contribution in [2.45, 2.75) is 36.7 Å². The Kier molecular flexibility index (Phi) is 4.62. The first kappa shape index (κ1) is 17.6. The van der Waals surface area contributed by atoms with Gasteiger partial charge in [0.05, 0.1) is 20.8 Å². The maximum absolute atomic E-state index is 13.0. The summed E-state index contributed by atoms with van der Waals surface area (Å²) in [4.78, 5) is 27.1. The SMILES string of the molecule is CCn1cc(Sc2cn(CC)c3ccccc3c2=O)c(=O)c2ccccc21. The molecule has 4 aromatic rings. The van der Waals surface area contributed by atoms with Crippen LogP contribution in [0.4, 0.5) is 0 Å². The number of rotatable bonds is 4. The largest absolute Gasteiger partial charge is 0.346 e. The third kappa shape index (κ3) is 2.98. The lowest BCUT2D eigenvalue weighted by molar-refractivity contribution is 0.771. The molecule has 0 N–H and O–H groups in total. The Morgan fingerprint density at radius 1 is 0.704 bits per heavy atom. The van der Waals surface area contributed by atoms with E-state index in [4.69, 9.17) is 0 Å². The van der Waals surface area contributed by atoms with Crippen LogP contribution in [0.2, 0.25) is 0 Å². The Balaban J connectivity index is 1.93. The molecule has 5 heteroatoms. The van der Waals surface area contributed by atoms with Gasteiger partial charge in [-0.1, -0.05) is 36.0 Å². The van der Waals surface area contributed by atoms with Gasteiger partial charge in [-0.2, -0.15) is 0 Å². The standard InChI is InChI=1S/C22H20N2O2S/c1-3-23-13-19(21(25)15-9-5-7-11-17(15)23)27-20-14-24(4-2)18-12-8-6-10-16(18)22(20)26/h5-14H,3-4H2,1-2H3. The second-order valence-electron chi connectivity index (χ2n) is 6.35. The van der Waals surface area contributed by atoms with Gasteiger partial charge in [-0.3, -0.25) is 9.59 Å². The number of benzene rings is 2. The van der Waals surface area contributed by atoms with E-state index in [1.807, 2.05) is 74.8 Å². The van der Waals surface area contributed by atoms with Crippen molar-refractivity contribution in [3.63, 3.8) is 0 Å². The molecule has 0 saturated carbocycles. The molecule has 2 heterocycles. The summed E-state index contributed by atoms with van der Waals surface area (Å²) in [5.74, 6) is 0. The maximum Gasteiger partial charge on any atom is 0.203 e. The van der Waals surface area contributed by atoms with E-state index >= 15 is 0 Å². The third-order valence-corrected chi connectivity index (χ3v) is 5.83. The maximum atomic E-state index is 13.0. The molecule has 0 aliphatic rings. The Labute approximate surface area is 161 Å². The number of aromatic nitrogens is 2. The first-order valence-electron chi connectivity index (χ1n) is 9.06. The lowest BCUT2D eigenvalue weighted by atomic mass is 10.2. The van der Waals surface area contributed by atoms with Crippen molar-refractivity contribution in [3.8, 4) is 0 Å². The number of hydrogen-bond acceptors (Lipinski definition) is 3. The minimum absolute atomic E-state index is 0.0316. The number of nitrogens with zero attached hydrogens (tertiary/aromatic N) is 2. The van der Waals surface area contributed by atoms with Gasteiger partial charge in [0, 0.05) is 36.3 Å². The van der Waals surface area contributed by atoms with Gasteiger partial charge in [-0.15, -0.1) is 0 Å². The van der Waals surface area contributed by atoms with Gasteiger partial charge in [0.25, 0.3) is 0 Å². The number of fused-ring (bicyclic) bond motifs is 2. The van der Waals surface area contributed by atoms with Crippen molar-refractivity contribution in [3.05, 3.63) is 81.4 Å². The minimum atomic E-state index is -0.0316. The molecule has 2 aromatic carbocycles. The van der Waals surface area contributed by atoms with Crippen molar-refractivity contribution in [1.82, 2.24) is 9.13 Å². The minimum Gasteiger partial charge on any atom is -0.346 e. The molecule has 0 radical (unpaired) electrons. The Morgan fingerprint density at radius 3 is 1.52 bits per heavy atom. The molecule has 0 unspecified atom stereocenters.